The second-order valence-electron chi connectivity index (χ2n) is 5.26. The van der Waals surface area contributed by atoms with Crippen LogP contribution in [0.2, 0.25) is 0 Å². The number of carbonyl (C=O) groups is 2. The number of hydrogen-bond donors (Lipinski definition) is 2. The molecule has 0 aromatic rings. The maximum Gasteiger partial charge on any atom is 0.307 e. The lowest BCUT2D eigenvalue weighted by Gasteiger charge is -2.28. The zero-order valence-electron chi connectivity index (χ0n) is 11.3. The molecule has 1 aliphatic carbocycles. The predicted octanol–water partition coefficient (Wildman–Crippen LogP) is 2.20. The fourth-order valence-corrected chi connectivity index (χ4v) is 2.41. The fraction of sp³-hybridized carbons (Fsp3) is 0.714. The molecule has 0 aromatic carbocycles. The zero-order valence-corrected chi connectivity index (χ0v) is 11.3. The Morgan fingerprint density at radius 3 is 2.28 bits per heavy atom. The van der Waals surface area contributed by atoms with Crippen molar-refractivity contribution >= 4 is 11.9 Å². The minimum Gasteiger partial charge on any atom is -0.481 e. The Hall–Kier alpha value is -1.32. The molecule has 102 valence electrons. The lowest BCUT2D eigenvalue weighted by atomic mass is 9.82. The normalized spacial score (nSPS) is 24.9. The summed E-state index contributed by atoms with van der Waals surface area (Å²) >= 11 is 0. The van der Waals surface area contributed by atoms with E-state index in [-0.39, 0.29) is 11.9 Å². The highest BCUT2D eigenvalue weighted by molar-refractivity contribution is 5.85. The van der Waals surface area contributed by atoms with Gasteiger partial charge in [-0.2, -0.15) is 0 Å². The van der Waals surface area contributed by atoms with Gasteiger partial charge in [0.1, 0.15) is 0 Å². The molecule has 2 N–H and O–H groups in total. The van der Waals surface area contributed by atoms with Crippen LogP contribution in [0.25, 0.3) is 0 Å². The van der Waals surface area contributed by atoms with Crippen LogP contribution in [0.15, 0.2) is 12.2 Å². The topological polar surface area (TPSA) is 66.4 Å². The molecule has 0 bridgehead atoms. The summed E-state index contributed by atoms with van der Waals surface area (Å²) in [6.07, 6.45) is 5.59. The molecule has 18 heavy (non-hydrogen) atoms. The molecule has 1 amide bonds. The summed E-state index contributed by atoms with van der Waals surface area (Å²) < 4.78 is 0. The van der Waals surface area contributed by atoms with Crippen LogP contribution < -0.4 is 5.32 Å². The van der Waals surface area contributed by atoms with Gasteiger partial charge in [0, 0.05) is 6.04 Å². The summed E-state index contributed by atoms with van der Waals surface area (Å²) in [5.74, 6) is -1.65. The first-order chi connectivity index (χ1) is 8.47. The van der Waals surface area contributed by atoms with Gasteiger partial charge in [0.05, 0.1) is 11.8 Å². The standard InChI is InChI=1S/C14H23NO3/c1-4-12(9(2)3)15-13(16)10-7-5-6-8-11(10)14(17)18/h5-6,9-12H,4,7-8H2,1-3H3,(H,15,16)(H,17,18). The lowest BCUT2D eigenvalue weighted by molar-refractivity contribution is -0.147. The van der Waals surface area contributed by atoms with Crippen molar-refractivity contribution in [3.63, 3.8) is 0 Å². The van der Waals surface area contributed by atoms with Crippen LogP contribution in [0, 0.1) is 17.8 Å². The highest BCUT2D eigenvalue weighted by atomic mass is 16.4. The molecule has 0 aliphatic heterocycles. The molecule has 4 heteroatoms. The highest BCUT2D eigenvalue weighted by Gasteiger charge is 2.34. The third-order valence-corrected chi connectivity index (χ3v) is 3.66. The molecule has 3 unspecified atom stereocenters. The van der Waals surface area contributed by atoms with Crippen LogP contribution in [-0.2, 0) is 9.59 Å². The van der Waals surface area contributed by atoms with Gasteiger partial charge in [-0.3, -0.25) is 9.59 Å². The quantitative estimate of drug-likeness (QED) is 0.738. The number of amides is 1. The van der Waals surface area contributed by atoms with Crippen molar-refractivity contribution in [3.8, 4) is 0 Å². The van der Waals surface area contributed by atoms with E-state index in [0.29, 0.717) is 18.8 Å². The first-order valence-corrected chi connectivity index (χ1v) is 6.65. The van der Waals surface area contributed by atoms with Crippen molar-refractivity contribution in [1.29, 1.82) is 0 Å². The number of rotatable bonds is 5. The molecule has 3 atom stereocenters. The molecular formula is C14H23NO3. The van der Waals surface area contributed by atoms with Crippen molar-refractivity contribution < 1.29 is 14.7 Å². The maximum atomic E-state index is 12.2. The summed E-state index contributed by atoms with van der Waals surface area (Å²) in [4.78, 5) is 23.3. The smallest absolute Gasteiger partial charge is 0.307 e. The largest absolute Gasteiger partial charge is 0.481 e. The molecule has 0 heterocycles. The van der Waals surface area contributed by atoms with E-state index >= 15 is 0 Å². The number of allylic oxidation sites excluding steroid dienone is 2. The molecule has 1 aliphatic rings. The minimum atomic E-state index is -0.878. The third kappa shape index (κ3) is 3.59. The van der Waals surface area contributed by atoms with Crippen LogP contribution in [0.1, 0.15) is 40.0 Å². The van der Waals surface area contributed by atoms with E-state index in [2.05, 4.69) is 19.2 Å². The van der Waals surface area contributed by atoms with E-state index in [4.69, 9.17) is 5.11 Å². The first kappa shape index (κ1) is 14.7. The Kier molecular flexibility index (Phi) is 5.38. The summed E-state index contributed by atoms with van der Waals surface area (Å²) in [7, 11) is 0. The van der Waals surface area contributed by atoms with Crippen molar-refractivity contribution in [2.75, 3.05) is 0 Å². The van der Waals surface area contributed by atoms with Gasteiger partial charge in [-0.05, 0) is 25.2 Å². The molecule has 0 saturated heterocycles. The number of aliphatic carboxylic acids is 1. The molecule has 0 fully saturated rings. The number of carbonyl (C=O) groups excluding carboxylic acids is 1. The van der Waals surface area contributed by atoms with Crippen LogP contribution in [0.4, 0.5) is 0 Å². The van der Waals surface area contributed by atoms with Gasteiger partial charge in [-0.15, -0.1) is 0 Å². The molecule has 0 aromatic heterocycles. The Morgan fingerprint density at radius 1 is 1.28 bits per heavy atom. The Balaban J connectivity index is 2.69. The average Bonchev–Trinajstić information content (AvgIpc) is 2.35. The second kappa shape index (κ2) is 6.57. The Bertz CT molecular complexity index is 336. The van der Waals surface area contributed by atoms with E-state index in [1.165, 1.54) is 0 Å². The fourth-order valence-electron chi connectivity index (χ4n) is 2.41. The van der Waals surface area contributed by atoms with Crippen LogP contribution >= 0.6 is 0 Å². The SMILES string of the molecule is CCC(NC(=O)C1CC=CCC1C(=O)O)C(C)C. The van der Waals surface area contributed by atoms with Gasteiger partial charge < -0.3 is 10.4 Å². The number of nitrogens with one attached hydrogen (secondary N) is 1. The summed E-state index contributed by atoms with van der Waals surface area (Å²) in [6.45, 7) is 6.15. The minimum absolute atomic E-state index is 0.118. The Morgan fingerprint density at radius 2 is 1.83 bits per heavy atom. The van der Waals surface area contributed by atoms with Gasteiger partial charge in [0.25, 0.3) is 0 Å². The van der Waals surface area contributed by atoms with Gasteiger partial charge in [0.2, 0.25) is 5.91 Å². The van der Waals surface area contributed by atoms with E-state index in [1.807, 2.05) is 19.1 Å². The third-order valence-electron chi connectivity index (χ3n) is 3.66. The van der Waals surface area contributed by atoms with Gasteiger partial charge in [0.15, 0.2) is 0 Å². The number of carboxylic acid groups (broad SMARTS) is 1. The van der Waals surface area contributed by atoms with E-state index in [0.717, 1.165) is 6.42 Å². The molecular weight excluding hydrogens is 230 g/mol. The lowest BCUT2D eigenvalue weighted by Crippen LogP contribution is -2.45. The molecule has 4 nitrogen and oxygen atoms in total. The summed E-state index contributed by atoms with van der Waals surface area (Å²) in [5.41, 5.74) is 0. The van der Waals surface area contributed by atoms with Crippen LogP contribution in [0.5, 0.6) is 0 Å². The zero-order chi connectivity index (χ0) is 13.7. The number of carboxylic acids is 1. The molecule has 0 spiro atoms. The van der Waals surface area contributed by atoms with Crippen molar-refractivity contribution in [3.05, 3.63) is 12.2 Å². The van der Waals surface area contributed by atoms with Crippen molar-refractivity contribution in [2.45, 2.75) is 46.1 Å². The van der Waals surface area contributed by atoms with E-state index in [9.17, 15) is 9.59 Å². The van der Waals surface area contributed by atoms with Crippen molar-refractivity contribution in [2.24, 2.45) is 17.8 Å². The van der Waals surface area contributed by atoms with Crippen LogP contribution in [-0.4, -0.2) is 23.0 Å². The Labute approximate surface area is 108 Å². The maximum absolute atomic E-state index is 12.2. The van der Waals surface area contributed by atoms with E-state index in [1.54, 1.807) is 0 Å². The highest BCUT2D eigenvalue weighted by Crippen LogP contribution is 2.26. The van der Waals surface area contributed by atoms with Crippen molar-refractivity contribution in [1.82, 2.24) is 5.32 Å². The molecule has 0 radical (unpaired) electrons. The number of hydrogen-bond acceptors (Lipinski definition) is 2. The molecule has 1 rings (SSSR count). The van der Waals surface area contributed by atoms with E-state index < -0.39 is 17.8 Å². The van der Waals surface area contributed by atoms with Gasteiger partial charge in [-0.25, -0.2) is 0 Å². The average molecular weight is 253 g/mol. The second-order valence-corrected chi connectivity index (χ2v) is 5.26. The molecule has 0 saturated carbocycles. The van der Waals surface area contributed by atoms with Gasteiger partial charge in [-0.1, -0.05) is 32.9 Å². The van der Waals surface area contributed by atoms with Gasteiger partial charge >= 0.3 is 5.97 Å². The first-order valence-electron chi connectivity index (χ1n) is 6.65. The van der Waals surface area contributed by atoms with Crippen LogP contribution in [0.3, 0.4) is 0 Å². The summed E-state index contributed by atoms with van der Waals surface area (Å²) in [6, 6.07) is 0.123. The summed E-state index contributed by atoms with van der Waals surface area (Å²) in [5, 5.41) is 12.1. The monoisotopic (exact) mass is 253 g/mol. The predicted molar refractivity (Wildman–Crippen MR) is 70.0 cm³/mol.